The number of hydrogen-bond donors (Lipinski definition) is 1. The first-order valence-corrected chi connectivity index (χ1v) is 7.07. The van der Waals surface area contributed by atoms with Crippen LogP contribution in [0.15, 0.2) is 36.9 Å². The van der Waals surface area contributed by atoms with Crippen molar-refractivity contribution < 1.29 is 28.6 Å². The van der Waals surface area contributed by atoms with E-state index in [9.17, 15) is 14.4 Å². The Balaban J connectivity index is 1.97. The molecule has 8 heteroatoms. The first-order chi connectivity index (χ1) is 11.0. The van der Waals surface area contributed by atoms with Crippen LogP contribution in [0.2, 0.25) is 5.02 Å². The number of halogens is 1. The van der Waals surface area contributed by atoms with Gasteiger partial charge in [-0.2, -0.15) is 0 Å². The fourth-order valence-corrected chi connectivity index (χ4v) is 1.97. The topological polar surface area (TPSA) is 90.9 Å². The van der Waals surface area contributed by atoms with Gasteiger partial charge in [0.05, 0.1) is 12.0 Å². The van der Waals surface area contributed by atoms with Gasteiger partial charge in [-0.25, -0.2) is 9.59 Å². The lowest BCUT2D eigenvalue weighted by Gasteiger charge is -2.18. The van der Waals surface area contributed by atoms with Crippen LogP contribution in [-0.4, -0.2) is 37.0 Å². The third-order valence-corrected chi connectivity index (χ3v) is 3.15. The average Bonchev–Trinajstić information content (AvgIpc) is 2.85. The van der Waals surface area contributed by atoms with Crippen LogP contribution in [0.25, 0.3) is 0 Å². The van der Waals surface area contributed by atoms with Crippen LogP contribution in [0.5, 0.6) is 0 Å². The molecule has 1 aromatic carbocycles. The van der Waals surface area contributed by atoms with Crippen molar-refractivity contribution in [1.29, 1.82) is 0 Å². The highest BCUT2D eigenvalue weighted by molar-refractivity contribution is 6.30. The lowest BCUT2D eigenvalue weighted by molar-refractivity contribution is -0.155. The summed E-state index contributed by atoms with van der Waals surface area (Å²) in [6.45, 7) is 3.42. The zero-order valence-electron chi connectivity index (χ0n) is 12.0. The summed E-state index contributed by atoms with van der Waals surface area (Å²) in [6, 6.07) is 5.18. The quantitative estimate of drug-likeness (QED) is 0.652. The maximum absolute atomic E-state index is 12.0. The molecule has 23 heavy (non-hydrogen) atoms. The summed E-state index contributed by atoms with van der Waals surface area (Å²) >= 11 is 5.74. The molecule has 0 bridgehead atoms. The number of carbonyl (C=O) groups is 3. The summed E-state index contributed by atoms with van der Waals surface area (Å²) in [4.78, 5) is 34.9. The van der Waals surface area contributed by atoms with Crippen LogP contribution < -0.4 is 5.32 Å². The smallest absolute Gasteiger partial charge is 0.407 e. The summed E-state index contributed by atoms with van der Waals surface area (Å²) in [6.07, 6.45) is -0.710. The first-order valence-electron chi connectivity index (χ1n) is 6.70. The molecule has 1 aromatic rings. The van der Waals surface area contributed by atoms with Gasteiger partial charge in [-0.1, -0.05) is 24.3 Å². The molecule has 0 spiro atoms. The van der Waals surface area contributed by atoms with Crippen LogP contribution >= 0.6 is 11.6 Å². The Kier molecular flexibility index (Phi) is 5.59. The Labute approximate surface area is 137 Å². The number of benzene rings is 1. The zero-order chi connectivity index (χ0) is 16.8. The molecule has 1 fully saturated rings. The van der Waals surface area contributed by atoms with E-state index in [-0.39, 0.29) is 18.6 Å². The molecule has 0 aromatic heterocycles. The maximum Gasteiger partial charge on any atom is 0.407 e. The van der Waals surface area contributed by atoms with Crippen LogP contribution in [-0.2, 0) is 19.0 Å². The Hall–Kier alpha value is -2.54. The molecule has 2 rings (SSSR count). The van der Waals surface area contributed by atoms with Crippen LogP contribution in [0.1, 0.15) is 16.8 Å². The molecular formula is C15H14ClNO6. The molecule has 7 nitrogen and oxygen atoms in total. The maximum atomic E-state index is 12.0. The number of carbonyl (C=O) groups excluding carboxylic acids is 3. The molecule has 1 saturated heterocycles. The molecule has 1 aliphatic rings. The Morgan fingerprint density at radius 3 is 2.74 bits per heavy atom. The number of esters is 2. The number of cyclic esters (lactones) is 1. The van der Waals surface area contributed by atoms with Gasteiger partial charge in [-0.05, 0) is 24.3 Å². The number of alkyl carbamates (subject to hydrolysis) is 1. The van der Waals surface area contributed by atoms with Crippen LogP contribution in [0.4, 0.5) is 4.79 Å². The molecule has 0 aliphatic carbocycles. The van der Waals surface area contributed by atoms with Crippen molar-refractivity contribution >= 4 is 29.6 Å². The van der Waals surface area contributed by atoms with Gasteiger partial charge in [0.15, 0.2) is 0 Å². The van der Waals surface area contributed by atoms with Crippen molar-refractivity contribution in [3.05, 3.63) is 47.5 Å². The molecule has 122 valence electrons. The summed E-state index contributed by atoms with van der Waals surface area (Å²) < 4.78 is 14.8. The Morgan fingerprint density at radius 1 is 1.39 bits per heavy atom. The molecular weight excluding hydrogens is 326 g/mol. The third-order valence-electron chi connectivity index (χ3n) is 2.90. The lowest BCUT2D eigenvalue weighted by atomic mass is 10.2. The monoisotopic (exact) mass is 339 g/mol. The van der Waals surface area contributed by atoms with Crippen molar-refractivity contribution in [1.82, 2.24) is 5.32 Å². The minimum Gasteiger partial charge on any atom is -0.445 e. The molecule has 1 aliphatic heterocycles. The van der Waals surface area contributed by atoms with Crippen molar-refractivity contribution in [2.24, 2.45) is 0 Å². The van der Waals surface area contributed by atoms with E-state index in [1.54, 1.807) is 0 Å². The number of ether oxygens (including phenoxy) is 3. The molecule has 2 atom stereocenters. The van der Waals surface area contributed by atoms with Crippen molar-refractivity contribution in [3.8, 4) is 0 Å². The van der Waals surface area contributed by atoms with E-state index in [1.807, 2.05) is 0 Å². The van der Waals surface area contributed by atoms with Gasteiger partial charge in [-0.3, -0.25) is 4.79 Å². The van der Waals surface area contributed by atoms with E-state index in [4.69, 9.17) is 25.8 Å². The summed E-state index contributed by atoms with van der Waals surface area (Å²) in [5.74, 6) is -1.29. The molecule has 1 N–H and O–H groups in total. The molecule has 0 saturated carbocycles. The lowest BCUT2D eigenvalue weighted by Crippen LogP contribution is -2.42. The Morgan fingerprint density at radius 2 is 2.09 bits per heavy atom. The fourth-order valence-electron chi connectivity index (χ4n) is 1.85. The van der Waals surface area contributed by atoms with E-state index in [0.29, 0.717) is 5.02 Å². The Bertz CT molecular complexity index is 615. The second-order valence-corrected chi connectivity index (χ2v) is 5.05. The molecule has 0 radical (unpaired) electrons. The first kappa shape index (κ1) is 16.8. The summed E-state index contributed by atoms with van der Waals surface area (Å²) in [5, 5.41) is 2.88. The van der Waals surface area contributed by atoms with Gasteiger partial charge < -0.3 is 19.5 Å². The van der Waals surface area contributed by atoms with E-state index in [1.165, 1.54) is 30.3 Å². The predicted octanol–water partition coefficient (Wildman–Crippen LogP) is 2.05. The second kappa shape index (κ2) is 7.64. The van der Waals surface area contributed by atoms with Crippen molar-refractivity contribution in [3.63, 3.8) is 0 Å². The standard InChI is InChI=1S/C15H14ClNO6/c1-2-7-21-15(20)17-11-8-12(18)22-14(11)23-13(19)9-3-5-10(16)6-4-9/h2-6,11,14H,1,7-8H2,(H,17,20). The van der Waals surface area contributed by atoms with Gasteiger partial charge in [-0.15, -0.1) is 0 Å². The minimum atomic E-state index is -1.22. The van der Waals surface area contributed by atoms with Crippen LogP contribution in [0, 0.1) is 0 Å². The molecule has 1 amide bonds. The highest BCUT2D eigenvalue weighted by Gasteiger charge is 2.39. The van der Waals surface area contributed by atoms with Gasteiger partial charge >= 0.3 is 18.0 Å². The highest BCUT2D eigenvalue weighted by Crippen LogP contribution is 2.19. The summed E-state index contributed by atoms with van der Waals surface area (Å²) in [7, 11) is 0. The fraction of sp³-hybridized carbons (Fsp3) is 0.267. The average molecular weight is 340 g/mol. The van der Waals surface area contributed by atoms with Gasteiger partial charge in [0.25, 0.3) is 6.29 Å². The molecule has 2 unspecified atom stereocenters. The van der Waals surface area contributed by atoms with Gasteiger partial charge in [0.1, 0.15) is 12.6 Å². The second-order valence-electron chi connectivity index (χ2n) is 4.61. The minimum absolute atomic E-state index is 0.0165. The third kappa shape index (κ3) is 4.72. The number of nitrogens with one attached hydrogen (secondary N) is 1. The normalized spacial score (nSPS) is 19.6. The van der Waals surface area contributed by atoms with E-state index < -0.39 is 30.4 Å². The largest absolute Gasteiger partial charge is 0.445 e. The molecule has 1 heterocycles. The highest BCUT2D eigenvalue weighted by atomic mass is 35.5. The summed E-state index contributed by atoms with van der Waals surface area (Å²) in [5.41, 5.74) is 0.241. The predicted molar refractivity (Wildman–Crippen MR) is 79.8 cm³/mol. The van der Waals surface area contributed by atoms with Crippen molar-refractivity contribution in [2.45, 2.75) is 18.8 Å². The van der Waals surface area contributed by atoms with Gasteiger partial charge in [0, 0.05) is 5.02 Å². The SMILES string of the molecule is C=CCOC(=O)NC1CC(=O)OC1OC(=O)c1ccc(Cl)cc1. The van der Waals surface area contributed by atoms with Crippen molar-refractivity contribution in [2.75, 3.05) is 6.61 Å². The van der Waals surface area contributed by atoms with E-state index in [2.05, 4.69) is 11.9 Å². The zero-order valence-corrected chi connectivity index (χ0v) is 12.7. The van der Waals surface area contributed by atoms with E-state index >= 15 is 0 Å². The van der Waals surface area contributed by atoms with E-state index in [0.717, 1.165) is 0 Å². The number of hydrogen-bond acceptors (Lipinski definition) is 6. The number of rotatable bonds is 5. The number of amides is 1. The van der Waals surface area contributed by atoms with Gasteiger partial charge in [0.2, 0.25) is 0 Å². The van der Waals surface area contributed by atoms with Crippen LogP contribution in [0.3, 0.4) is 0 Å².